The Morgan fingerprint density at radius 1 is 1.20 bits per heavy atom. The van der Waals surface area contributed by atoms with E-state index in [2.05, 4.69) is 16.0 Å². The molecule has 1 saturated carbocycles. The van der Waals surface area contributed by atoms with E-state index in [9.17, 15) is 9.18 Å². The first kappa shape index (κ1) is 20.2. The second-order valence-corrected chi connectivity index (χ2v) is 7.85. The normalized spacial score (nSPS) is 23.3. The summed E-state index contributed by atoms with van der Waals surface area (Å²) in [5.74, 6) is 0.853. The Bertz CT molecular complexity index is 1130. The number of nitriles is 1. The number of amides is 1. The van der Waals surface area contributed by atoms with Crippen molar-refractivity contribution in [3.8, 4) is 6.07 Å². The van der Waals surface area contributed by atoms with E-state index < -0.39 is 5.60 Å². The highest BCUT2D eigenvalue weighted by molar-refractivity contribution is 5.90. The van der Waals surface area contributed by atoms with E-state index in [1.807, 2.05) is 6.07 Å². The monoisotopic (exact) mass is 426 g/mol. The Morgan fingerprint density at radius 2 is 1.93 bits per heavy atom. The zero-order valence-electron chi connectivity index (χ0n) is 16.1. The van der Waals surface area contributed by atoms with Gasteiger partial charge in [0.2, 0.25) is 0 Å². The lowest BCUT2D eigenvalue weighted by atomic mass is 9.78. The number of nitrogens with one attached hydrogen (secondary N) is 1. The maximum absolute atomic E-state index is 13.2. The average Bonchev–Trinajstić information content (AvgIpc) is 3.29. The Hall–Kier alpha value is -3.11. The molecule has 0 unspecified atom stereocenters. The minimum atomic E-state index is -0.498. The lowest BCUT2D eigenvalue weighted by Crippen LogP contribution is -2.38. The minimum absolute atomic E-state index is 0. The van der Waals surface area contributed by atoms with Crippen molar-refractivity contribution in [1.29, 1.82) is 5.26 Å². The smallest absolute Gasteiger partial charge is 0.415 e. The molecule has 1 N–H and O–H groups in total. The fraction of sp³-hybridized carbons (Fsp3) is 0.318. The van der Waals surface area contributed by atoms with Crippen molar-refractivity contribution in [2.75, 3.05) is 11.4 Å². The molecule has 5 rings (SSSR count). The van der Waals surface area contributed by atoms with Crippen LogP contribution < -0.4 is 4.90 Å². The van der Waals surface area contributed by atoms with Crippen LogP contribution in [0.4, 0.5) is 14.9 Å². The van der Waals surface area contributed by atoms with Gasteiger partial charge < -0.3 is 9.72 Å². The van der Waals surface area contributed by atoms with E-state index in [0.717, 1.165) is 42.5 Å². The van der Waals surface area contributed by atoms with Gasteiger partial charge in [-0.3, -0.25) is 4.90 Å². The van der Waals surface area contributed by atoms with Gasteiger partial charge in [-0.1, -0.05) is 0 Å². The molecule has 1 aliphatic heterocycles. The molecule has 1 aromatic heterocycles. The zero-order chi connectivity index (χ0) is 20.0. The SMILES string of the molecule is Cl.N#Cc1ccc2[nH]c([C@H]3CC[C@]4(CC3)CN(c3ccc(F)cc3)C(=O)O4)nc2c1. The molecule has 1 amide bonds. The van der Waals surface area contributed by atoms with Crippen LogP contribution in [-0.2, 0) is 4.74 Å². The highest BCUT2D eigenvalue weighted by Crippen LogP contribution is 2.43. The summed E-state index contributed by atoms with van der Waals surface area (Å²) < 4.78 is 19.0. The number of fused-ring (bicyclic) bond motifs is 1. The molecule has 30 heavy (non-hydrogen) atoms. The molecule has 2 heterocycles. The van der Waals surface area contributed by atoms with Crippen LogP contribution in [0.3, 0.4) is 0 Å². The number of aromatic nitrogens is 2. The molecule has 2 aromatic carbocycles. The van der Waals surface area contributed by atoms with Crippen molar-refractivity contribution < 1.29 is 13.9 Å². The molecule has 3 aromatic rings. The van der Waals surface area contributed by atoms with Crippen molar-refractivity contribution in [3.63, 3.8) is 0 Å². The summed E-state index contributed by atoms with van der Waals surface area (Å²) in [6.45, 7) is 0.482. The summed E-state index contributed by atoms with van der Waals surface area (Å²) in [6.07, 6.45) is 2.84. The molecule has 0 radical (unpaired) electrons. The molecule has 0 bridgehead atoms. The number of hydrogen-bond acceptors (Lipinski definition) is 4. The number of hydrogen-bond donors (Lipinski definition) is 1. The molecular formula is C22H20ClFN4O2. The number of imidazole rings is 1. The second kappa shape index (κ2) is 7.62. The third kappa shape index (κ3) is 3.48. The standard InChI is InChI=1S/C22H19FN4O2.ClH/c23-16-2-4-17(5-3-16)27-13-22(29-21(27)28)9-7-15(8-10-22)20-25-18-6-1-14(12-24)11-19(18)26-20;/h1-6,11,15H,7-10,13H2,(H,25,26);1H/t15-,22-;. The topological polar surface area (TPSA) is 82.0 Å². The highest BCUT2D eigenvalue weighted by Gasteiger charge is 2.48. The number of halogens is 2. The van der Waals surface area contributed by atoms with Crippen LogP contribution in [0.25, 0.3) is 11.0 Å². The predicted octanol–water partition coefficient (Wildman–Crippen LogP) is 5.05. The highest BCUT2D eigenvalue weighted by atomic mass is 35.5. The van der Waals surface area contributed by atoms with Gasteiger partial charge in [-0.25, -0.2) is 14.2 Å². The van der Waals surface area contributed by atoms with Gasteiger partial charge >= 0.3 is 6.09 Å². The van der Waals surface area contributed by atoms with Crippen molar-refractivity contribution >= 4 is 35.2 Å². The fourth-order valence-corrected chi connectivity index (χ4v) is 4.41. The van der Waals surface area contributed by atoms with Crippen LogP contribution in [0.1, 0.15) is 43.0 Å². The summed E-state index contributed by atoms with van der Waals surface area (Å²) in [4.78, 5) is 22.1. The molecule has 2 fully saturated rings. The fourth-order valence-electron chi connectivity index (χ4n) is 4.41. The number of ether oxygens (including phenoxy) is 1. The van der Waals surface area contributed by atoms with E-state index in [0.29, 0.717) is 17.8 Å². The maximum Gasteiger partial charge on any atom is 0.415 e. The first-order valence-corrected chi connectivity index (χ1v) is 9.71. The van der Waals surface area contributed by atoms with Crippen molar-refractivity contribution in [3.05, 3.63) is 59.7 Å². The van der Waals surface area contributed by atoms with E-state index >= 15 is 0 Å². The third-order valence-electron chi connectivity index (χ3n) is 6.02. The Kier molecular flexibility index (Phi) is 5.12. The van der Waals surface area contributed by atoms with Gasteiger partial charge in [-0.05, 0) is 68.1 Å². The van der Waals surface area contributed by atoms with E-state index in [4.69, 9.17) is 10.00 Å². The number of benzene rings is 2. The van der Waals surface area contributed by atoms with Crippen molar-refractivity contribution in [2.24, 2.45) is 0 Å². The average molecular weight is 427 g/mol. The third-order valence-corrected chi connectivity index (χ3v) is 6.02. The summed E-state index contributed by atoms with van der Waals surface area (Å²) in [5, 5.41) is 9.06. The van der Waals surface area contributed by atoms with Gasteiger partial charge in [0.25, 0.3) is 0 Å². The van der Waals surface area contributed by atoms with Gasteiger partial charge in [0.15, 0.2) is 0 Å². The van der Waals surface area contributed by atoms with Crippen molar-refractivity contribution in [2.45, 2.75) is 37.2 Å². The van der Waals surface area contributed by atoms with Gasteiger partial charge in [0.1, 0.15) is 17.2 Å². The Morgan fingerprint density at radius 3 is 2.63 bits per heavy atom. The molecular weight excluding hydrogens is 407 g/mol. The molecule has 154 valence electrons. The first-order chi connectivity index (χ1) is 14.0. The molecule has 1 aliphatic carbocycles. The largest absolute Gasteiger partial charge is 0.441 e. The summed E-state index contributed by atoms with van der Waals surface area (Å²) >= 11 is 0. The quantitative estimate of drug-likeness (QED) is 0.621. The van der Waals surface area contributed by atoms with Crippen LogP contribution in [-0.4, -0.2) is 28.2 Å². The lowest BCUT2D eigenvalue weighted by molar-refractivity contribution is 0.0208. The van der Waals surface area contributed by atoms with Gasteiger partial charge in [0.05, 0.1) is 29.2 Å². The first-order valence-electron chi connectivity index (χ1n) is 9.71. The Labute approximate surface area is 179 Å². The maximum atomic E-state index is 13.2. The van der Waals surface area contributed by atoms with Gasteiger partial charge in [-0.15, -0.1) is 12.4 Å². The number of anilines is 1. The van der Waals surface area contributed by atoms with Crippen LogP contribution >= 0.6 is 12.4 Å². The summed E-state index contributed by atoms with van der Waals surface area (Å²) in [6, 6.07) is 13.5. The number of aromatic amines is 1. The molecule has 6 nitrogen and oxygen atoms in total. The number of carbonyl (C=O) groups excluding carboxylic acids is 1. The second-order valence-electron chi connectivity index (χ2n) is 7.85. The summed E-state index contributed by atoms with van der Waals surface area (Å²) in [5.41, 5.74) is 2.48. The molecule has 0 atom stereocenters. The van der Waals surface area contributed by atoms with Crippen LogP contribution in [0, 0.1) is 17.1 Å². The van der Waals surface area contributed by atoms with Crippen molar-refractivity contribution in [1.82, 2.24) is 9.97 Å². The number of nitrogens with zero attached hydrogens (tertiary/aromatic N) is 3. The molecule has 8 heteroatoms. The van der Waals surface area contributed by atoms with Crippen LogP contribution in [0.2, 0.25) is 0 Å². The molecule has 1 spiro atoms. The van der Waals surface area contributed by atoms with E-state index in [-0.39, 0.29) is 30.2 Å². The lowest BCUT2D eigenvalue weighted by Gasteiger charge is -2.34. The zero-order valence-corrected chi connectivity index (χ0v) is 16.9. The summed E-state index contributed by atoms with van der Waals surface area (Å²) in [7, 11) is 0. The number of H-pyrrole nitrogens is 1. The van der Waals surface area contributed by atoms with E-state index in [1.165, 1.54) is 12.1 Å². The molecule has 1 saturated heterocycles. The Balaban J connectivity index is 0.00000218. The van der Waals surface area contributed by atoms with Crippen LogP contribution in [0.15, 0.2) is 42.5 Å². The molecule has 2 aliphatic rings. The van der Waals surface area contributed by atoms with Gasteiger partial charge in [0, 0.05) is 11.6 Å². The van der Waals surface area contributed by atoms with E-state index in [1.54, 1.807) is 29.2 Å². The van der Waals surface area contributed by atoms with Gasteiger partial charge in [-0.2, -0.15) is 5.26 Å². The predicted molar refractivity (Wildman–Crippen MR) is 112 cm³/mol. The minimum Gasteiger partial charge on any atom is -0.441 e. The van der Waals surface area contributed by atoms with Crippen LogP contribution in [0.5, 0.6) is 0 Å². The number of carbonyl (C=O) groups is 1. The number of rotatable bonds is 2.